The van der Waals surface area contributed by atoms with E-state index in [2.05, 4.69) is 25.9 Å². The van der Waals surface area contributed by atoms with Gasteiger partial charge in [-0.15, -0.1) is 0 Å². The van der Waals surface area contributed by atoms with Crippen LogP contribution in [-0.2, 0) is 4.79 Å². The minimum Gasteiger partial charge on any atom is -0.368 e. The number of aromatic nitrogens is 2. The maximum absolute atomic E-state index is 11.0. The molecule has 1 amide bonds. The summed E-state index contributed by atoms with van der Waals surface area (Å²) >= 11 is 0. The zero-order valence-corrected chi connectivity index (χ0v) is 11.2. The summed E-state index contributed by atoms with van der Waals surface area (Å²) in [5, 5.41) is 9.03. The predicted octanol–water partition coefficient (Wildman–Crippen LogP) is 1.15. The van der Waals surface area contributed by atoms with Crippen molar-refractivity contribution in [3.63, 3.8) is 0 Å². The Kier molecular flexibility index (Phi) is 5.90. The third-order valence-electron chi connectivity index (χ3n) is 2.26. The Balaban J connectivity index is 2.44. The van der Waals surface area contributed by atoms with Crippen LogP contribution < -0.4 is 16.0 Å². The lowest BCUT2D eigenvalue weighted by molar-refractivity contribution is -0.120. The van der Waals surface area contributed by atoms with Crippen LogP contribution in [0.25, 0.3) is 0 Å². The zero-order valence-electron chi connectivity index (χ0n) is 11.2. The van der Waals surface area contributed by atoms with Gasteiger partial charge in [-0.3, -0.25) is 4.79 Å². The van der Waals surface area contributed by atoms with Crippen molar-refractivity contribution in [3.8, 4) is 0 Å². The van der Waals surface area contributed by atoms with Gasteiger partial charge < -0.3 is 16.0 Å². The molecule has 0 bridgehead atoms. The highest BCUT2D eigenvalue weighted by Crippen LogP contribution is 2.08. The maximum atomic E-state index is 11.0. The molecule has 3 N–H and O–H groups in total. The average molecular weight is 251 g/mol. The Morgan fingerprint density at radius 2 is 2.00 bits per heavy atom. The van der Waals surface area contributed by atoms with Crippen molar-refractivity contribution in [2.45, 2.75) is 27.2 Å². The van der Waals surface area contributed by atoms with Gasteiger partial charge in [-0.1, -0.05) is 6.92 Å². The molecular formula is C12H21N5O. The van der Waals surface area contributed by atoms with Crippen molar-refractivity contribution in [1.29, 1.82) is 0 Å². The Bertz CT molecular complexity index is 394. The first-order chi connectivity index (χ1) is 8.65. The lowest BCUT2D eigenvalue weighted by atomic mass is 10.4. The van der Waals surface area contributed by atoms with Gasteiger partial charge in [0.15, 0.2) is 0 Å². The summed E-state index contributed by atoms with van der Waals surface area (Å²) in [6, 6.07) is 1.88. The van der Waals surface area contributed by atoms with E-state index >= 15 is 0 Å². The molecule has 1 aromatic heterocycles. The molecular weight excluding hydrogens is 230 g/mol. The fraction of sp³-hybridized carbons (Fsp3) is 0.583. The van der Waals surface area contributed by atoms with Gasteiger partial charge >= 0.3 is 0 Å². The smallest absolute Gasteiger partial charge is 0.224 e. The van der Waals surface area contributed by atoms with Crippen LogP contribution in [0.3, 0.4) is 0 Å². The van der Waals surface area contributed by atoms with Crippen LogP contribution in [0, 0.1) is 6.92 Å². The maximum Gasteiger partial charge on any atom is 0.224 e. The lowest BCUT2D eigenvalue weighted by Gasteiger charge is -2.09. The van der Waals surface area contributed by atoms with Gasteiger partial charge in [-0.25, -0.2) is 4.98 Å². The molecule has 1 aromatic rings. The number of carbonyl (C=O) groups excluding carboxylic acids is 1. The molecule has 0 saturated heterocycles. The van der Waals surface area contributed by atoms with E-state index in [1.807, 2.05) is 26.8 Å². The molecule has 6 nitrogen and oxygen atoms in total. The van der Waals surface area contributed by atoms with Crippen LogP contribution in [0.2, 0.25) is 0 Å². The van der Waals surface area contributed by atoms with Gasteiger partial charge in [-0.05, 0) is 13.8 Å². The molecule has 18 heavy (non-hydrogen) atoms. The lowest BCUT2D eigenvalue weighted by Crippen LogP contribution is -2.28. The molecule has 0 aromatic carbocycles. The summed E-state index contributed by atoms with van der Waals surface area (Å²) in [7, 11) is 0. The van der Waals surface area contributed by atoms with E-state index in [-0.39, 0.29) is 5.91 Å². The summed E-state index contributed by atoms with van der Waals surface area (Å²) in [4.78, 5) is 19.6. The second kappa shape index (κ2) is 7.47. The molecule has 0 atom stereocenters. The van der Waals surface area contributed by atoms with E-state index in [1.165, 1.54) is 0 Å². The highest BCUT2D eigenvalue weighted by atomic mass is 16.1. The van der Waals surface area contributed by atoms with E-state index in [0.29, 0.717) is 25.5 Å². The third-order valence-corrected chi connectivity index (χ3v) is 2.26. The predicted molar refractivity (Wildman–Crippen MR) is 72.7 cm³/mol. The van der Waals surface area contributed by atoms with E-state index < -0.39 is 0 Å². The third kappa shape index (κ3) is 4.99. The minimum atomic E-state index is 0.0593. The van der Waals surface area contributed by atoms with Crippen molar-refractivity contribution in [1.82, 2.24) is 15.3 Å². The van der Waals surface area contributed by atoms with Gasteiger partial charge in [0.25, 0.3) is 0 Å². The first kappa shape index (κ1) is 14.2. The fourth-order valence-electron chi connectivity index (χ4n) is 1.41. The second-order valence-electron chi connectivity index (χ2n) is 3.88. The number of nitrogens with zero attached hydrogens (tertiary/aromatic N) is 2. The summed E-state index contributed by atoms with van der Waals surface area (Å²) in [6.45, 7) is 7.78. The number of hydrogen-bond donors (Lipinski definition) is 3. The highest BCUT2D eigenvalue weighted by molar-refractivity contribution is 5.75. The average Bonchev–Trinajstić information content (AvgIpc) is 2.34. The summed E-state index contributed by atoms with van der Waals surface area (Å²) in [5.74, 6) is 1.45. The molecule has 0 saturated carbocycles. The quantitative estimate of drug-likeness (QED) is 0.634. The number of carbonyl (C=O) groups is 1. The van der Waals surface area contributed by atoms with Gasteiger partial charge in [0.05, 0.1) is 0 Å². The van der Waals surface area contributed by atoms with E-state index in [4.69, 9.17) is 0 Å². The number of anilines is 2. The Morgan fingerprint density at radius 3 is 2.67 bits per heavy atom. The summed E-state index contributed by atoms with van der Waals surface area (Å²) in [5.41, 5.74) is 0.904. The molecule has 100 valence electrons. The fourth-order valence-corrected chi connectivity index (χ4v) is 1.41. The van der Waals surface area contributed by atoms with Crippen LogP contribution >= 0.6 is 0 Å². The van der Waals surface area contributed by atoms with Gasteiger partial charge in [0, 0.05) is 37.8 Å². The Hall–Kier alpha value is -1.85. The van der Waals surface area contributed by atoms with Crippen molar-refractivity contribution in [2.24, 2.45) is 0 Å². The first-order valence-electron chi connectivity index (χ1n) is 6.25. The SMILES string of the molecule is CCNc1nc(C)cc(NCCNC(=O)CC)n1. The molecule has 6 heteroatoms. The number of nitrogens with one attached hydrogen (secondary N) is 3. The van der Waals surface area contributed by atoms with Crippen molar-refractivity contribution < 1.29 is 4.79 Å². The number of hydrogen-bond acceptors (Lipinski definition) is 5. The van der Waals surface area contributed by atoms with Crippen LogP contribution in [0.15, 0.2) is 6.07 Å². The standard InChI is InChI=1S/C12H21N5O/c1-4-11(18)15-7-6-14-10-8-9(3)16-12(17-10)13-5-2/h8H,4-7H2,1-3H3,(H,15,18)(H2,13,14,16,17). The molecule has 0 spiro atoms. The topological polar surface area (TPSA) is 78.9 Å². The number of aryl methyl sites for hydroxylation is 1. The van der Waals surface area contributed by atoms with Crippen LogP contribution in [0.4, 0.5) is 11.8 Å². The molecule has 0 aliphatic heterocycles. The van der Waals surface area contributed by atoms with E-state index in [1.54, 1.807) is 0 Å². The van der Waals surface area contributed by atoms with Gasteiger partial charge in [0.2, 0.25) is 11.9 Å². The summed E-state index contributed by atoms with van der Waals surface area (Å²) in [6.07, 6.45) is 0.511. The number of rotatable bonds is 7. The Labute approximate surface area is 108 Å². The molecule has 1 heterocycles. The molecule has 0 unspecified atom stereocenters. The monoisotopic (exact) mass is 251 g/mol. The molecule has 0 aliphatic rings. The highest BCUT2D eigenvalue weighted by Gasteiger charge is 2.01. The molecule has 0 radical (unpaired) electrons. The zero-order chi connectivity index (χ0) is 13.4. The largest absolute Gasteiger partial charge is 0.368 e. The Morgan fingerprint density at radius 1 is 1.22 bits per heavy atom. The normalized spacial score (nSPS) is 9.94. The molecule has 1 rings (SSSR count). The van der Waals surface area contributed by atoms with Crippen LogP contribution in [-0.4, -0.2) is 35.5 Å². The minimum absolute atomic E-state index is 0.0593. The molecule has 0 aliphatic carbocycles. The van der Waals surface area contributed by atoms with E-state index in [9.17, 15) is 4.79 Å². The van der Waals surface area contributed by atoms with Crippen LogP contribution in [0.5, 0.6) is 0 Å². The van der Waals surface area contributed by atoms with Crippen molar-refractivity contribution in [3.05, 3.63) is 11.8 Å². The number of amides is 1. The summed E-state index contributed by atoms with van der Waals surface area (Å²) < 4.78 is 0. The molecule has 0 fully saturated rings. The van der Waals surface area contributed by atoms with Crippen molar-refractivity contribution in [2.75, 3.05) is 30.3 Å². The van der Waals surface area contributed by atoms with Crippen molar-refractivity contribution >= 4 is 17.7 Å². The van der Waals surface area contributed by atoms with Gasteiger partial charge in [0.1, 0.15) is 5.82 Å². The van der Waals surface area contributed by atoms with E-state index in [0.717, 1.165) is 18.1 Å². The van der Waals surface area contributed by atoms with Gasteiger partial charge in [-0.2, -0.15) is 4.98 Å². The first-order valence-corrected chi connectivity index (χ1v) is 6.25. The second-order valence-corrected chi connectivity index (χ2v) is 3.88. The van der Waals surface area contributed by atoms with Crippen LogP contribution in [0.1, 0.15) is 26.0 Å².